The molecule has 1 aromatic rings. The molecule has 0 saturated carbocycles. The van der Waals surface area contributed by atoms with Crippen LogP contribution in [0, 0.1) is 0 Å². The van der Waals surface area contributed by atoms with E-state index < -0.39 is 0 Å². The van der Waals surface area contributed by atoms with Gasteiger partial charge in [-0.25, -0.2) is 0 Å². The molecule has 0 aliphatic carbocycles. The zero-order valence-electron chi connectivity index (χ0n) is 15.3. The fourth-order valence-electron chi connectivity index (χ4n) is 3.53. The number of thioether (sulfide) groups is 1. The summed E-state index contributed by atoms with van der Waals surface area (Å²) in [6, 6.07) is 7.70. The van der Waals surface area contributed by atoms with Gasteiger partial charge < -0.3 is 4.90 Å². The zero-order chi connectivity index (χ0) is 19.4. The van der Waals surface area contributed by atoms with Crippen molar-refractivity contribution in [2.45, 2.75) is 45.1 Å². The van der Waals surface area contributed by atoms with Crippen molar-refractivity contribution in [1.29, 1.82) is 0 Å². The minimum atomic E-state index is -0.150. The zero-order valence-corrected chi connectivity index (χ0v) is 17.7. The lowest BCUT2D eigenvalue weighted by atomic mass is 9.99. The maximum Gasteiger partial charge on any atom is 0.266 e. The van der Waals surface area contributed by atoms with Crippen molar-refractivity contribution in [1.82, 2.24) is 9.80 Å². The number of thiocarbonyl (C=S) groups is 1. The maximum atomic E-state index is 12.7. The smallest absolute Gasteiger partial charge is 0.266 e. The summed E-state index contributed by atoms with van der Waals surface area (Å²) >= 11 is 12.8. The van der Waals surface area contributed by atoms with Crippen LogP contribution in [0.2, 0.25) is 5.02 Å². The minimum absolute atomic E-state index is 0.116. The molecule has 144 valence electrons. The molecule has 2 amide bonds. The topological polar surface area (TPSA) is 40.6 Å². The van der Waals surface area contributed by atoms with E-state index in [1.54, 1.807) is 12.1 Å². The second-order valence-corrected chi connectivity index (χ2v) is 8.83. The molecule has 7 heteroatoms. The molecule has 4 nitrogen and oxygen atoms in total. The van der Waals surface area contributed by atoms with Crippen molar-refractivity contribution in [3.8, 4) is 0 Å². The van der Waals surface area contributed by atoms with Crippen LogP contribution >= 0.6 is 35.6 Å². The predicted molar refractivity (Wildman–Crippen MR) is 116 cm³/mol. The largest absolute Gasteiger partial charge is 0.340 e. The molecule has 2 fully saturated rings. The van der Waals surface area contributed by atoms with Gasteiger partial charge in [0.1, 0.15) is 4.32 Å². The Hall–Kier alpha value is -1.37. The molecule has 27 heavy (non-hydrogen) atoms. The van der Waals surface area contributed by atoms with Crippen LogP contribution in [0.3, 0.4) is 0 Å². The number of rotatable bonds is 5. The van der Waals surface area contributed by atoms with E-state index in [0.717, 1.165) is 31.4 Å². The Kier molecular flexibility index (Phi) is 6.95. The van der Waals surface area contributed by atoms with Gasteiger partial charge in [-0.3, -0.25) is 14.5 Å². The Morgan fingerprint density at radius 1 is 1.37 bits per heavy atom. The Morgan fingerprint density at radius 2 is 2.15 bits per heavy atom. The van der Waals surface area contributed by atoms with Crippen LogP contribution in [-0.4, -0.2) is 45.1 Å². The van der Waals surface area contributed by atoms with Gasteiger partial charge in [-0.05, 0) is 43.4 Å². The van der Waals surface area contributed by atoms with E-state index in [9.17, 15) is 9.59 Å². The number of carbonyl (C=O) groups is 2. The van der Waals surface area contributed by atoms with E-state index in [-0.39, 0.29) is 11.8 Å². The average Bonchev–Trinajstić information content (AvgIpc) is 2.94. The lowest BCUT2D eigenvalue weighted by molar-refractivity contribution is -0.135. The van der Waals surface area contributed by atoms with Crippen LogP contribution in [0.1, 0.15) is 44.6 Å². The van der Waals surface area contributed by atoms with Crippen LogP contribution in [0.15, 0.2) is 29.2 Å². The molecule has 2 heterocycles. The van der Waals surface area contributed by atoms with E-state index in [1.165, 1.54) is 23.1 Å². The maximum absolute atomic E-state index is 12.7. The second kappa shape index (κ2) is 9.22. The molecule has 0 unspecified atom stereocenters. The molecular weight excluding hydrogens is 400 g/mol. The number of amides is 2. The first-order chi connectivity index (χ1) is 13.0. The molecule has 0 radical (unpaired) electrons. The summed E-state index contributed by atoms with van der Waals surface area (Å²) in [4.78, 5) is 29.4. The molecule has 0 N–H and O–H groups in total. The number of likely N-dealkylation sites (tertiary alicyclic amines) is 1. The number of hydrogen-bond acceptors (Lipinski definition) is 4. The van der Waals surface area contributed by atoms with Gasteiger partial charge in [-0.1, -0.05) is 60.7 Å². The lowest BCUT2D eigenvalue weighted by Gasteiger charge is -2.35. The Balaban J connectivity index is 1.64. The standard InChI is InChI=1S/C20H23ClN2O2S2/c1-2-15-8-5-6-11-22(15)18(24)10-12-23-19(25)17(27-20(23)26)13-14-7-3-4-9-16(14)21/h3-4,7,9,13,15H,2,5-6,8,10-12H2,1H3/b17-13+/t15-/m0/s1. The second-order valence-electron chi connectivity index (χ2n) is 6.75. The van der Waals surface area contributed by atoms with Gasteiger partial charge in [0.15, 0.2) is 0 Å². The van der Waals surface area contributed by atoms with Crippen LogP contribution in [0.25, 0.3) is 6.08 Å². The summed E-state index contributed by atoms with van der Waals surface area (Å²) in [5, 5.41) is 0.591. The van der Waals surface area contributed by atoms with E-state index in [1.807, 2.05) is 23.1 Å². The SMILES string of the molecule is CC[C@H]1CCCCN1C(=O)CCN1C(=O)/C(=C\c2ccccc2Cl)SC1=S. The summed E-state index contributed by atoms with van der Waals surface area (Å²) in [5.74, 6) is -0.0333. The highest BCUT2D eigenvalue weighted by molar-refractivity contribution is 8.26. The van der Waals surface area contributed by atoms with Crippen molar-refractivity contribution in [3.63, 3.8) is 0 Å². The van der Waals surface area contributed by atoms with Crippen molar-refractivity contribution in [2.75, 3.05) is 13.1 Å². The molecule has 0 aromatic heterocycles. The quantitative estimate of drug-likeness (QED) is 0.508. The highest BCUT2D eigenvalue weighted by atomic mass is 35.5. The predicted octanol–water partition coefficient (Wildman–Crippen LogP) is 4.72. The Morgan fingerprint density at radius 3 is 2.89 bits per heavy atom. The fourth-order valence-corrected chi connectivity index (χ4v) is 5.02. The first kappa shape index (κ1) is 20.4. The molecule has 2 aliphatic rings. The van der Waals surface area contributed by atoms with Crippen LogP contribution in [0.4, 0.5) is 0 Å². The summed E-state index contributed by atoms with van der Waals surface area (Å²) in [5.41, 5.74) is 0.787. The summed E-state index contributed by atoms with van der Waals surface area (Å²) in [6.07, 6.45) is 6.37. The molecule has 2 aliphatic heterocycles. The third-order valence-electron chi connectivity index (χ3n) is 5.03. The van der Waals surface area contributed by atoms with Crippen molar-refractivity contribution < 1.29 is 9.59 Å². The van der Waals surface area contributed by atoms with Crippen molar-refractivity contribution >= 4 is 57.8 Å². The molecule has 1 atom stereocenters. The van der Waals surface area contributed by atoms with Gasteiger partial charge in [0, 0.05) is 30.6 Å². The molecule has 1 aromatic carbocycles. The molecule has 0 spiro atoms. The normalized spacial score (nSPS) is 22.0. The number of nitrogens with zero attached hydrogens (tertiary/aromatic N) is 2. The molecule has 0 bridgehead atoms. The van der Waals surface area contributed by atoms with Crippen molar-refractivity contribution in [3.05, 3.63) is 39.8 Å². The summed E-state index contributed by atoms with van der Waals surface area (Å²) < 4.78 is 0.497. The average molecular weight is 423 g/mol. The number of piperidine rings is 1. The van der Waals surface area contributed by atoms with Gasteiger partial charge in [-0.2, -0.15) is 0 Å². The van der Waals surface area contributed by atoms with Gasteiger partial charge in [0.05, 0.1) is 4.91 Å². The van der Waals surface area contributed by atoms with E-state index in [2.05, 4.69) is 6.92 Å². The van der Waals surface area contributed by atoms with Gasteiger partial charge in [0.25, 0.3) is 5.91 Å². The molecule has 3 rings (SSSR count). The van der Waals surface area contributed by atoms with E-state index in [0.29, 0.717) is 33.3 Å². The van der Waals surface area contributed by atoms with Crippen LogP contribution < -0.4 is 0 Å². The van der Waals surface area contributed by atoms with Gasteiger partial charge >= 0.3 is 0 Å². The first-order valence-electron chi connectivity index (χ1n) is 9.30. The first-order valence-corrected chi connectivity index (χ1v) is 10.9. The monoisotopic (exact) mass is 422 g/mol. The lowest BCUT2D eigenvalue weighted by Crippen LogP contribution is -2.44. The summed E-state index contributed by atoms with van der Waals surface area (Å²) in [6.45, 7) is 3.27. The fraction of sp³-hybridized carbons (Fsp3) is 0.450. The van der Waals surface area contributed by atoms with Crippen LogP contribution in [-0.2, 0) is 9.59 Å². The van der Waals surface area contributed by atoms with Gasteiger partial charge in [0.2, 0.25) is 5.91 Å². The Bertz CT molecular complexity index is 781. The number of hydrogen-bond donors (Lipinski definition) is 0. The van der Waals surface area contributed by atoms with E-state index in [4.69, 9.17) is 23.8 Å². The highest BCUT2D eigenvalue weighted by Gasteiger charge is 2.33. The summed E-state index contributed by atoms with van der Waals surface area (Å²) in [7, 11) is 0. The molecule has 2 saturated heterocycles. The highest BCUT2D eigenvalue weighted by Crippen LogP contribution is 2.34. The van der Waals surface area contributed by atoms with Crippen molar-refractivity contribution in [2.24, 2.45) is 0 Å². The van der Waals surface area contributed by atoms with Crippen LogP contribution in [0.5, 0.6) is 0 Å². The minimum Gasteiger partial charge on any atom is -0.340 e. The Labute approximate surface area is 174 Å². The third-order valence-corrected chi connectivity index (χ3v) is 6.76. The molecular formula is C20H23ClN2O2S2. The van der Waals surface area contributed by atoms with E-state index >= 15 is 0 Å². The number of halogens is 1. The third kappa shape index (κ3) is 4.73. The van der Waals surface area contributed by atoms with Gasteiger partial charge in [-0.15, -0.1) is 0 Å². The number of carbonyl (C=O) groups excluding carboxylic acids is 2. The number of benzene rings is 1.